The Kier molecular flexibility index (Phi) is 3.86. The number of ketones is 2. The first-order valence-electron chi connectivity index (χ1n) is 9.61. The highest BCUT2D eigenvalue weighted by molar-refractivity contribution is 6.01. The van der Waals surface area contributed by atoms with Crippen LogP contribution in [0.4, 0.5) is 0 Å². The Morgan fingerprint density at radius 3 is 2.64 bits per heavy atom. The van der Waals surface area contributed by atoms with Gasteiger partial charge in [0.05, 0.1) is 0 Å². The van der Waals surface area contributed by atoms with E-state index >= 15 is 0 Å². The molecule has 4 aliphatic carbocycles. The molecule has 0 aromatic carbocycles. The van der Waals surface area contributed by atoms with Crippen LogP contribution >= 0.6 is 0 Å². The van der Waals surface area contributed by atoms with Gasteiger partial charge in [-0.25, -0.2) is 0 Å². The van der Waals surface area contributed by atoms with Crippen molar-refractivity contribution in [3.8, 4) is 0 Å². The molecule has 0 spiro atoms. The Balaban J connectivity index is 1.65. The highest BCUT2D eigenvalue weighted by Gasteiger charge is 2.60. The summed E-state index contributed by atoms with van der Waals surface area (Å²) in [6, 6.07) is 0. The average Bonchev–Trinajstić information content (AvgIpc) is 2.92. The number of aliphatic hydroxyl groups is 2. The maximum atomic E-state index is 12.3. The lowest BCUT2D eigenvalue weighted by molar-refractivity contribution is -0.155. The first-order valence-corrected chi connectivity index (χ1v) is 9.61. The van der Waals surface area contributed by atoms with E-state index in [0.717, 1.165) is 38.5 Å². The number of carbonyl (C=O) groups is 2. The van der Waals surface area contributed by atoms with Crippen molar-refractivity contribution in [2.45, 2.75) is 58.7 Å². The smallest absolute Gasteiger partial charge is 0.213 e. The number of Topliss-reactive ketones (excluding diaryl/α,β-unsaturated/α-hetero) is 1. The Hall–Kier alpha value is -1.26. The summed E-state index contributed by atoms with van der Waals surface area (Å²) in [7, 11) is 0. The fraction of sp³-hybridized carbons (Fsp3) is 0.714. The van der Waals surface area contributed by atoms with Crippen LogP contribution in [-0.2, 0) is 9.59 Å². The van der Waals surface area contributed by atoms with Gasteiger partial charge in [-0.3, -0.25) is 9.59 Å². The highest BCUT2D eigenvalue weighted by Crippen LogP contribution is 2.66. The molecule has 0 bridgehead atoms. The largest absolute Gasteiger partial charge is 0.362 e. The molecule has 4 heteroatoms. The second-order valence-electron chi connectivity index (χ2n) is 9.05. The van der Waals surface area contributed by atoms with Gasteiger partial charge < -0.3 is 10.2 Å². The Bertz CT molecular complexity index is 675. The van der Waals surface area contributed by atoms with Gasteiger partial charge in [-0.1, -0.05) is 25.5 Å². The van der Waals surface area contributed by atoms with Gasteiger partial charge in [-0.2, -0.15) is 0 Å². The number of carbonyl (C=O) groups excluding carboxylic acids is 2. The Labute approximate surface area is 149 Å². The summed E-state index contributed by atoms with van der Waals surface area (Å²) in [4.78, 5) is 24.1. The van der Waals surface area contributed by atoms with Crippen LogP contribution in [0.3, 0.4) is 0 Å². The third-order valence-corrected chi connectivity index (χ3v) is 8.15. The van der Waals surface area contributed by atoms with Crippen molar-refractivity contribution in [1.29, 1.82) is 0 Å². The van der Waals surface area contributed by atoms with Crippen molar-refractivity contribution in [3.05, 3.63) is 23.8 Å². The molecule has 0 saturated heterocycles. The first-order chi connectivity index (χ1) is 11.8. The van der Waals surface area contributed by atoms with Gasteiger partial charge in [-0.15, -0.1) is 0 Å². The van der Waals surface area contributed by atoms with Crippen LogP contribution in [0.2, 0.25) is 0 Å². The van der Waals surface area contributed by atoms with Crippen molar-refractivity contribution in [3.63, 3.8) is 0 Å². The van der Waals surface area contributed by atoms with Gasteiger partial charge in [0.1, 0.15) is 0 Å². The number of hydrogen-bond acceptors (Lipinski definition) is 4. The molecular formula is C21H28O4. The van der Waals surface area contributed by atoms with Crippen LogP contribution in [0.1, 0.15) is 52.4 Å². The molecule has 0 aromatic rings. The molecule has 0 unspecified atom stereocenters. The zero-order valence-electron chi connectivity index (χ0n) is 15.1. The van der Waals surface area contributed by atoms with Crippen molar-refractivity contribution >= 4 is 11.6 Å². The number of fused-ring (bicyclic) bond motifs is 5. The molecule has 0 radical (unpaired) electrons. The monoisotopic (exact) mass is 344 g/mol. The molecule has 0 aliphatic heterocycles. The Morgan fingerprint density at radius 2 is 1.92 bits per heavy atom. The molecule has 3 saturated carbocycles. The molecule has 136 valence electrons. The van der Waals surface area contributed by atoms with E-state index in [4.69, 9.17) is 0 Å². The quantitative estimate of drug-likeness (QED) is 0.756. The maximum Gasteiger partial charge on any atom is 0.213 e. The predicted molar refractivity (Wildman–Crippen MR) is 93.3 cm³/mol. The van der Waals surface area contributed by atoms with E-state index in [2.05, 4.69) is 19.9 Å². The normalized spacial score (nSPS) is 45.6. The van der Waals surface area contributed by atoms with Gasteiger partial charge in [-0.05, 0) is 73.8 Å². The predicted octanol–water partition coefficient (Wildman–Crippen LogP) is 2.79. The first kappa shape index (κ1) is 17.2. The molecular weight excluding hydrogens is 316 g/mol. The SMILES string of the molecule is C[C@]12CC[C@H]3[C@@H](CCC4=CC(=O)C=C[C@@]43C)[C@@H]1CC[C@@H]2C(=O)C(O)O. The van der Waals surface area contributed by atoms with Gasteiger partial charge in [0.15, 0.2) is 11.6 Å². The van der Waals surface area contributed by atoms with E-state index in [1.807, 2.05) is 6.08 Å². The molecule has 4 nitrogen and oxygen atoms in total. The van der Waals surface area contributed by atoms with E-state index in [1.54, 1.807) is 6.08 Å². The van der Waals surface area contributed by atoms with Gasteiger partial charge >= 0.3 is 0 Å². The summed E-state index contributed by atoms with van der Waals surface area (Å²) in [6.07, 6.45) is 9.64. The number of allylic oxidation sites excluding steroid dienone is 4. The van der Waals surface area contributed by atoms with Crippen LogP contribution in [0, 0.1) is 34.5 Å². The molecule has 25 heavy (non-hydrogen) atoms. The molecule has 0 heterocycles. The van der Waals surface area contributed by atoms with Crippen LogP contribution in [-0.4, -0.2) is 28.1 Å². The molecule has 0 amide bonds. The number of rotatable bonds is 2. The summed E-state index contributed by atoms with van der Waals surface area (Å²) in [5.41, 5.74) is 1.13. The maximum absolute atomic E-state index is 12.3. The number of hydrogen-bond donors (Lipinski definition) is 2. The zero-order chi connectivity index (χ0) is 18.0. The zero-order valence-corrected chi connectivity index (χ0v) is 15.1. The van der Waals surface area contributed by atoms with E-state index < -0.39 is 12.1 Å². The summed E-state index contributed by atoms with van der Waals surface area (Å²) in [5, 5.41) is 18.8. The lowest BCUT2D eigenvalue weighted by Crippen LogP contribution is -2.51. The minimum atomic E-state index is -1.84. The molecule has 2 N–H and O–H groups in total. The minimum Gasteiger partial charge on any atom is -0.362 e. The molecule has 4 aliphatic rings. The standard InChI is InChI=1S/C21H28O4/c1-20-9-7-13(22)11-12(20)3-4-14-15-5-6-17(18(23)19(24)25)21(15,2)10-8-16(14)20/h7,9,11,14-17,19,24-25H,3-6,8,10H2,1-2H3/t14-,15-,16-,17+,20-,21-/m0/s1. The average molecular weight is 344 g/mol. The lowest BCUT2D eigenvalue weighted by atomic mass is 9.47. The van der Waals surface area contributed by atoms with Gasteiger partial charge in [0.2, 0.25) is 6.29 Å². The molecule has 6 atom stereocenters. The van der Waals surface area contributed by atoms with Crippen molar-refractivity contribution in [2.24, 2.45) is 34.5 Å². The lowest BCUT2D eigenvalue weighted by Gasteiger charge is -2.57. The van der Waals surface area contributed by atoms with E-state index in [0.29, 0.717) is 17.8 Å². The van der Waals surface area contributed by atoms with Crippen LogP contribution in [0.25, 0.3) is 0 Å². The molecule has 3 fully saturated rings. The second-order valence-corrected chi connectivity index (χ2v) is 9.05. The van der Waals surface area contributed by atoms with Crippen LogP contribution in [0.15, 0.2) is 23.8 Å². The fourth-order valence-corrected chi connectivity index (χ4v) is 6.84. The van der Waals surface area contributed by atoms with Crippen molar-refractivity contribution in [1.82, 2.24) is 0 Å². The number of aliphatic hydroxyl groups excluding tert-OH is 1. The van der Waals surface area contributed by atoms with E-state index in [9.17, 15) is 19.8 Å². The molecule has 4 rings (SSSR count). The third kappa shape index (κ3) is 2.33. The van der Waals surface area contributed by atoms with E-state index in [-0.39, 0.29) is 22.5 Å². The fourth-order valence-electron chi connectivity index (χ4n) is 6.84. The summed E-state index contributed by atoms with van der Waals surface area (Å²) >= 11 is 0. The third-order valence-electron chi connectivity index (χ3n) is 8.15. The van der Waals surface area contributed by atoms with Gasteiger partial charge in [0, 0.05) is 11.3 Å². The highest BCUT2D eigenvalue weighted by atomic mass is 16.5. The molecule has 0 aromatic heterocycles. The van der Waals surface area contributed by atoms with Crippen LogP contribution in [0.5, 0.6) is 0 Å². The van der Waals surface area contributed by atoms with E-state index in [1.165, 1.54) is 5.57 Å². The summed E-state index contributed by atoms with van der Waals surface area (Å²) < 4.78 is 0. The summed E-state index contributed by atoms with van der Waals surface area (Å²) in [6.45, 7) is 4.47. The second kappa shape index (κ2) is 5.62. The van der Waals surface area contributed by atoms with Gasteiger partial charge in [0.25, 0.3) is 0 Å². The van der Waals surface area contributed by atoms with Crippen LogP contribution < -0.4 is 0 Å². The minimum absolute atomic E-state index is 0.0310. The van der Waals surface area contributed by atoms with Crippen molar-refractivity contribution in [2.75, 3.05) is 0 Å². The topological polar surface area (TPSA) is 74.6 Å². The van der Waals surface area contributed by atoms with Crippen molar-refractivity contribution < 1.29 is 19.8 Å². The summed E-state index contributed by atoms with van der Waals surface area (Å²) in [5.74, 6) is 1.01. The Morgan fingerprint density at radius 1 is 1.16 bits per heavy atom.